The highest BCUT2D eigenvalue weighted by molar-refractivity contribution is 7.89. The van der Waals surface area contributed by atoms with Gasteiger partial charge in [0.1, 0.15) is 5.82 Å². The van der Waals surface area contributed by atoms with Crippen LogP contribution >= 0.6 is 11.6 Å². The summed E-state index contributed by atoms with van der Waals surface area (Å²) in [5.74, 6) is -0.992. The number of hydrogen-bond donors (Lipinski definition) is 2. The van der Waals surface area contributed by atoms with E-state index in [1.54, 1.807) is 12.1 Å². The largest absolute Gasteiger partial charge is 0.374 e. The third-order valence-electron chi connectivity index (χ3n) is 4.19. The topological polar surface area (TPSA) is 78.5 Å². The second kappa shape index (κ2) is 8.24. The zero-order valence-electron chi connectivity index (χ0n) is 14.4. The number of carbonyl (C=O) groups excluding carboxylic acids is 1. The Morgan fingerprint density at radius 3 is 2.59 bits per heavy atom. The first-order valence-corrected chi connectivity index (χ1v) is 10.3. The Hall–Kier alpha value is -2.16. The quantitative estimate of drug-likeness (QED) is 0.764. The summed E-state index contributed by atoms with van der Waals surface area (Å²) in [5, 5.41) is 5.55. The number of halogens is 2. The fourth-order valence-corrected chi connectivity index (χ4v) is 4.55. The first-order chi connectivity index (χ1) is 12.9. The van der Waals surface area contributed by atoms with Crippen LogP contribution < -0.4 is 10.6 Å². The standard InChI is InChI=1S/C18H19ClFN3O3S/c19-13-6-7-17(16(20)10-13)21-12-18(24)22-14-4-3-5-15(11-14)27(25,26)23-8-1-2-9-23/h3-7,10-11,21H,1-2,8-9,12H2,(H,22,24). The highest BCUT2D eigenvalue weighted by Gasteiger charge is 2.27. The van der Waals surface area contributed by atoms with Gasteiger partial charge in [0.05, 0.1) is 17.1 Å². The van der Waals surface area contributed by atoms with Crippen LogP contribution in [0.25, 0.3) is 0 Å². The van der Waals surface area contributed by atoms with E-state index in [2.05, 4.69) is 10.6 Å². The maximum absolute atomic E-state index is 13.7. The van der Waals surface area contributed by atoms with Crippen LogP contribution in [0.2, 0.25) is 5.02 Å². The maximum Gasteiger partial charge on any atom is 0.243 e. The molecule has 1 aliphatic heterocycles. The molecule has 1 aliphatic rings. The smallest absolute Gasteiger partial charge is 0.243 e. The van der Waals surface area contributed by atoms with E-state index in [-0.39, 0.29) is 22.2 Å². The lowest BCUT2D eigenvalue weighted by Gasteiger charge is -2.16. The molecule has 9 heteroatoms. The summed E-state index contributed by atoms with van der Waals surface area (Å²) in [6, 6.07) is 10.2. The summed E-state index contributed by atoms with van der Waals surface area (Å²) < 4.78 is 40.3. The van der Waals surface area contributed by atoms with Gasteiger partial charge in [-0.3, -0.25) is 4.79 Å². The number of benzene rings is 2. The van der Waals surface area contributed by atoms with Gasteiger partial charge in [-0.05, 0) is 49.2 Å². The van der Waals surface area contributed by atoms with Crippen LogP contribution in [0.5, 0.6) is 0 Å². The predicted molar refractivity (Wildman–Crippen MR) is 103 cm³/mol. The Morgan fingerprint density at radius 2 is 1.89 bits per heavy atom. The molecule has 27 heavy (non-hydrogen) atoms. The van der Waals surface area contributed by atoms with Crippen LogP contribution in [0.1, 0.15) is 12.8 Å². The normalized spacial score (nSPS) is 14.9. The molecule has 0 aliphatic carbocycles. The molecule has 144 valence electrons. The molecule has 1 amide bonds. The first-order valence-electron chi connectivity index (χ1n) is 8.45. The number of nitrogens with zero attached hydrogens (tertiary/aromatic N) is 1. The molecule has 0 aromatic heterocycles. The van der Waals surface area contributed by atoms with E-state index < -0.39 is 21.7 Å². The Morgan fingerprint density at radius 1 is 1.15 bits per heavy atom. The van der Waals surface area contributed by atoms with Crippen LogP contribution in [0.3, 0.4) is 0 Å². The molecule has 0 saturated carbocycles. The van der Waals surface area contributed by atoms with Crippen LogP contribution in [-0.2, 0) is 14.8 Å². The van der Waals surface area contributed by atoms with Gasteiger partial charge in [0.15, 0.2) is 0 Å². The van der Waals surface area contributed by atoms with E-state index in [1.165, 1.54) is 28.6 Å². The van der Waals surface area contributed by atoms with Crippen molar-refractivity contribution in [1.82, 2.24) is 4.31 Å². The van der Waals surface area contributed by atoms with Crippen molar-refractivity contribution in [3.05, 3.63) is 53.3 Å². The number of rotatable bonds is 6. The summed E-state index contributed by atoms with van der Waals surface area (Å²) in [6.07, 6.45) is 1.70. The molecule has 2 aromatic rings. The molecule has 0 radical (unpaired) electrons. The van der Waals surface area contributed by atoms with Gasteiger partial charge < -0.3 is 10.6 Å². The number of anilines is 2. The van der Waals surface area contributed by atoms with E-state index in [0.717, 1.165) is 18.9 Å². The lowest BCUT2D eigenvalue weighted by Crippen LogP contribution is -2.28. The Bertz CT molecular complexity index is 947. The molecule has 1 heterocycles. The highest BCUT2D eigenvalue weighted by Crippen LogP contribution is 2.23. The van der Waals surface area contributed by atoms with Crippen molar-refractivity contribution in [2.75, 3.05) is 30.3 Å². The summed E-state index contributed by atoms with van der Waals surface area (Å²) in [4.78, 5) is 12.2. The van der Waals surface area contributed by atoms with Crippen molar-refractivity contribution < 1.29 is 17.6 Å². The van der Waals surface area contributed by atoms with Gasteiger partial charge in [-0.1, -0.05) is 17.7 Å². The van der Waals surface area contributed by atoms with E-state index in [4.69, 9.17) is 11.6 Å². The summed E-state index contributed by atoms with van der Waals surface area (Å²) in [6.45, 7) is 0.840. The van der Waals surface area contributed by atoms with Crippen molar-refractivity contribution in [2.45, 2.75) is 17.7 Å². The first kappa shape index (κ1) is 19.6. The van der Waals surface area contributed by atoms with Crippen molar-refractivity contribution >= 4 is 38.9 Å². The van der Waals surface area contributed by atoms with Crippen LogP contribution in [0.4, 0.5) is 15.8 Å². The molecule has 2 N–H and O–H groups in total. The molecule has 0 bridgehead atoms. The number of carbonyl (C=O) groups is 1. The van der Waals surface area contributed by atoms with E-state index >= 15 is 0 Å². The Balaban J connectivity index is 1.64. The molecule has 0 atom stereocenters. The van der Waals surface area contributed by atoms with Gasteiger partial charge in [0, 0.05) is 23.8 Å². The molecular formula is C18H19ClFN3O3S. The molecule has 0 spiro atoms. The second-order valence-corrected chi connectivity index (χ2v) is 8.54. The summed E-state index contributed by atoms with van der Waals surface area (Å²) in [7, 11) is -3.56. The monoisotopic (exact) mass is 411 g/mol. The average Bonchev–Trinajstić information content (AvgIpc) is 3.17. The second-order valence-electron chi connectivity index (χ2n) is 6.16. The highest BCUT2D eigenvalue weighted by atomic mass is 35.5. The number of hydrogen-bond acceptors (Lipinski definition) is 4. The number of sulfonamides is 1. The minimum absolute atomic E-state index is 0.138. The lowest BCUT2D eigenvalue weighted by molar-refractivity contribution is -0.114. The maximum atomic E-state index is 13.7. The minimum atomic E-state index is -3.56. The van der Waals surface area contributed by atoms with Crippen molar-refractivity contribution in [2.24, 2.45) is 0 Å². The van der Waals surface area contributed by atoms with Crippen molar-refractivity contribution in [1.29, 1.82) is 0 Å². The van der Waals surface area contributed by atoms with E-state index in [0.29, 0.717) is 18.8 Å². The molecule has 2 aromatic carbocycles. The summed E-state index contributed by atoms with van der Waals surface area (Å²) >= 11 is 5.69. The zero-order chi connectivity index (χ0) is 19.4. The molecule has 1 fully saturated rings. The summed E-state index contributed by atoms with van der Waals surface area (Å²) in [5.41, 5.74) is 0.513. The molecule has 1 saturated heterocycles. The molecule has 3 rings (SSSR count). The Kier molecular flexibility index (Phi) is 5.98. The van der Waals surface area contributed by atoms with Gasteiger partial charge in [-0.25, -0.2) is 12.8 Å². The van der Waals surface area contributed by atoms with Gasteiger partial charge >= 0.3 is 0 Å². The third kappa shape index (κ3) is 4.77. The predicted octanol–water partition coefficient (Wildman–Crippen LogP) is 3.31. The van der Waals surface area contributed by atoms with Gasteiger partial charge in [-0.15, -0.1) is 0 Å². The third-order valence-corrected chi connectivity index (χ3v) is 6.32. The van der Waals surface area contributed by atoms with Crippen LogP contribution in [0, 0.1) is 5.82 Å². The average molecular weight is 412 g/mol. The molecule has 6 nitrogen and oxygen atoms in total. The van der Waals surface area contributed by atoms with Crippen LogP contribution in [0.15, 0.2) is 47.4 Å². The van der Waals surface area contributed by atoms with E-state index in [9.17, 15) is 17.6 Å². The fourth-order valence-electron chi connectivity index (χ4n) is 2.83. The minimum Gasteiger partial charge on any atom is -0.374 e. The lowest BCUT2D eigenvalue weighted by atomic mass is 10.3. The SMILES string of the molecule is O=C(CNc1ccc(Cl)cc1F)Nc1cccc(S(=O)(=O)N2CCCC2)c1. The van der Waals surface area contributed by atoms with Gasteiger partial charge in [0.2, 0.25) is 15.9 Å². The van der Waals surface area contributed by atoms with Crippen LogP contribution in [-0.4, -0.2) is 38.3 Å². The van der Waals surface area contributed by atoms with E-state index in [1.807, 2.05) is 0 Å². The molecule has 0 unspecified atom stereocenters. The van der Waals surface area contributed by atoms with Gasteiger partial charge in [0.25, 0.3) is 0 Å². The zero-order valence-corrected chi connectivity index (χ0v) is 16.0. The Labute approximate surface area is 162 Å². The van der Waals surface area contributed by atoms with Gasteiger partial charge in [-0.2, -0.15) is 4.31 Å². The van der Waals surface area contributed by atoms with Crippen molar-refractivity contribution in [3.63, 3.8) is 0 Å². The number of nitrogens with one attached hydrogen (secondary N) is 2. The number of amides is 1. The van der Waals surface area contributed by atoms with Crippen molar-refractivity contribution in [3.8, 4) is 0 Å². The molecular weight excluding hydrogens is 393 g/mol. The fraction of sp³-hybridized carbons (Fsp3) is 0.278.